The van der Waals surface area contributed by atoms with Crippen molar-refractivity contribution in [3.63, 3.8) is 0 Å². The number of nitrogens with one attached hydrogen (secondary N) is 1. The number of benzene rings is 1. The zero-order valence-corrected chi connectivity index (χ0v) is 14.5. The molecule has 0 bridgehead atoms. The number of amides is 1. The van der Waals surface area contributed by atoms with Gasteiger partial charge in [-0.2, -0.15) is 0 Å². The first kappa shape index (κ1) is 16.6. The Morgan fingerprint density at radius 1 is 1.21 bits per heavy atom. The molecule has 0 aliphatic carbocycles. The number of aryl methyl sites for hydroxylation is 2. The second kappa shape index (κ2) is 8.59. The standard InChI is InChI=1S/C18H22N4OS/c23-17(20-10-5-12-22-13-11-19-14-22)8-3-4-9-18-21-15-6-1-2-7-16(15)24-18/h1-2,6-7,11,13-14H,3-5,8-10,12H2,(H,20,23). The van der Waals surface area contributed by atoms with Crippen LogP contribution in [0.2, 0.25) is 0 Å². The number of fused-ring (bicyclic) bond motifs is 1. The summed E-state index contributed by atoms with van der Waals surface area (Å²) >= 11 is 1.75. The van der Waals surface area contributed by atoms with Gasteiger partial charge in [-0.15, -0.1) is 11.3 Å². The van der Waals surface area contributed by atoms with Crippen LogP contribution >= 0.6 is 11.3 Å². The number of unbranched alkanes of at least 4 members (excludes halogenated alkanes) is 1. The molecule has 0 fully saturated rings. The third-order valence-electron chi connectivity index (χ3n) is 3.86. The van der Waals surface area contributed by atoms with Gasteiger partial charge in [0.05, 0.1) is 21.6 Å². The Hall–Kier alpha value is -2.21. The van der Waals surface area contributed by atoms with E-state index in [1.54, 1.807) is 23.9 Å². The fraction of sp³-hybridized carbons (Fsp3) is 0.389. The average molecular weight is 342 g/mol. The first-order chi connectivity index (χ1) is 11.8. The number of para-hydroxylation sites is 1. The quantitative estimate of drug-likeness (QED) is 0.606. The number of carbonyl (C=O) groups is 1. The maximum absolute atomic E-state index is 11.8. The molecular formula is C18H22N4OS. The summed E-state index contributed by atoms with van der Waals surface area (Å²) in [6, 6.07) is 8.21. The summed E-state index contributed by atoms with van der Waals surface area (Å²) in [7, 11) is 0. The van der Waals surface area contributed by atoms with E-state index >= 15 is 0 Å². The van der Waals surface area contributed by atoms with E-state index in [1.165, 1.54) is 4.70 Å². The first-order valence-electron chi connectivity index (χ1n) is 8.38. The van der Waals surface area contributed by atoms with Crippen LogP contribution in [-0.4, -0.2) is 27.0 Å². The van der Waals surface area contributed by atoms with Crippen LogP contribution in [0.25, 0.3) is 10.2 Å². The molecule has 1 N–H and O–H groups in total. The topological polar surface area (TPSA) is 59.8 Å². The van der Waals surface area contributed by atoms with Crippen molar-refractivity contribution in [1.82, 2.24) is 19.9 Å². The summed E-state index contributed by atoms with van der Waals surface area (Å²) in [6.07, 6.45) is 9.88. The molecule has 24 heavy (non-hydrogen) atoms. The fourth-order valence-corrected chi connectivity index (χ4v) is 3.59. The smallest absolute Gasteiger partial charge is 0.219 e. The van der Waals surface area contributed by atoms with Crippen LogP contribution in [0.1, 0.15) is 30.7 Å². The second-order valence-corrected chi connectivity index (χ2v) is 6.90. The summed E-state index contributed by atoms with van der Waals surface area (Å²) in [5.74, 6) is 0.143. The lowest BCUT2D eigenvalue weighted by Gasteiger charge is -2.05. The highest BCUT2D eigenvalue weighted by Crippen LogP contribution is 2.22. The van der Waals surface area contributed by atoms with Gasteiger partial charge in [0.1, 0.15) is 0 Å². The van der Waals surface area contributed by atoms with Crippen LogP contribution in [0.5, 0.6) is 0 Å². The minimum atomic E-state index is 0.143. The zero-order chi connectivity index (χ0) is 16.6. The van der Waals surface area contributed by atoms with E-state index in [4.69, 9.17) is 0 Å². The molecule has 2 aromatic heterocycles. The van der Waals surface area contributed by atoms with Crippen molar-refractivity contribution in [2.75, 3.05) is 6.54 Å². The summed E-state index contributed by atoms with van der Waals surface area (Å²) < 4.78 is 3.26. The molecule has 2 heterocycles. The Bertz CT molecular complexity index is 733. The molecule has 0 spiro atoms. The van der Waals surface area contributed by atoms with Crippen molar-refractivity contribution in [1.29, 1.82) is 0 Å². The van der Waals surface area contributed by atoms with Crippen LogP contribution < -0.4 is 5.32 Å². The Kier molecular flexibility index (Phi) is 5.96. The van der Waals surface area contributed by atoms with E-state index in [-0.39, 0.29) is 5.91 Å². The number of hydrogen-bond donors (Lipinski definition) is 1. The van der Waals surface area contributed by atoms with Gasteiger partial charge in [0, 0.05) is 31.9 Å². The Balaban J connectivity index is 1.28. The van der Waals surface area contributed by atoms with Crippen molar-refractivity contribution in [3.8, 4) is 0 Å². The molecule has 6 heteroatoms. The van der Waals surface area contributed by atoms with Gasteiger partial charge in [-0.05, 0) is 37.8 Å². The monoisotopic (exact) mass is 342 g/mol. The van der Waals surface area contributed by atoms with Crippen LogP contribution in [0, 0.1) is 0 Å². The molecule has 0 aliphatic rings. The molecule has 1 aromatic carbocycles. The minimum Gasteiger partial charge on any atom is -0.356 e. The highest BCUT2D eigenvalue weighted by atomic mass is 32.1. The second-order valence-electron chi connectivity index (χ2n) is 5.79. The average Bonchev–Trinajstić information content (AvgIpc) is 3.24. The number of nitrogens with zero attached hydrogens (tertiary/aromatic N) is 3. The lowest BCUT2D eigenvalue weighted by Crippen LogP contribution is -2.24. The molecule has 3 rings (SSSR count). The number of aromatic nitrogens is 3. The molecule has 3 aromatic rings. The van der Waals surface area contributed by atoms with Gasteiger partial charge in [0.2, 0.25) is 5.91 Å². The highest BCUT2D eigenvalue weighted by Gasteiger charge is 2.04. The van der Waals surface area contributed by atoms with Crippen LogP contribution in [0.4, 0.5) is 0 Å². The first-order valence-corrected chi connectivity index (χ1v) is 9.20. The lowest BCUT2D eigenvalue weighted by atomic mass is 10.2. The molecule has 1 amide bonds. The van der Waals surface area contributed by atoms with Crippen LogP contribution in [0.15, 0.2) is 43.0 Å². The molecule has 5 nitrogen and oxygen atoms in total. The van der Waals surface area contributed by atoms with Crippen molar-refractivity contribution in [2.24, 2.45) is 0 Å². The minimum absolute atomic E-state index is 0.143. The molecule has 0 saturated heterocycles. The predicted molar refractivity (Wildman–Crippen MR) is 97.0 cm³/mol. The summed E-state index contributed by atoms with van der Waals surface area (Å²) in [6.45, 7) is 1.60. The van der Waals surface area contributed by atoms with E-state index in [0.717, 1.165) is 49.3 Å². The molecule has 126 valence electrons. The number of imidazole rings is 1. The molecule has 0 saturated carbocycles. The van der Waals surface area contributed by atoms with Crippen LogP contribution in [-0.2, 0) is 17.8 Å². The van der Waals surface area contributed by atoms with Gasteiger partial charge in [0.15, 0.2) is 0 Å². The Morgan fingerprint density at radius 2 is 2.12 bits per heavy atom. The summed E-state index contributed by atoms with van der Waals surface area (Å²) in [5.41, 5.74) is 1.08. The van der Waals surface area contributed by atoms with E-state index in [0.29, 0.717) is 6.42 Å². The van der Waals surface area contributed by atoms with Crippen molar-refractivity contribution in [3.05, 3.63) is 48.0 Å². The van der Waals surface area contributed by atoms with Gasteiger partial charge in [-0.3, -0.25) is 4.79 Å². The number of carbonyl (C=O) groups excluding carboxylic acids is 1. The molecule has 0 aliphatic heterocycles. The van der Waals surface area contributed by atoms with Gasteiger partial charge < -0.3 is 9.88 Å². The number of thiazole rings is 1. The van der Waals surface area contributed by atoms with Gasteiger partial charge in [-0.25, -0.2) is 9.97 Å². The summed E-state index contributed by atoms with van der Waals surface area (Å²) in [4.78, 5) is 20.4. The maximum atomic E-state index is 11.8. The van der Waals surface area contributed by atoms with Crippen molar-refractivity contribution >= 4 is 27.5 Å². The molecular weight excluding hydrogens is 320 g/mol. The predicted octanol–water partition coefficient (Wildman–Crippen LogP) is 3.41. The fourth-order valence-electron chi connectivity index (χ4n) is 2.59. The van der Waals surface area contributed by atoms with Crippen LogP contribution in [0.3, 0.4) is 0 Å². The molecule has 0 radical (unpaired) electrons. The van der Waals surface area contributed by atoms with E-state index in [1.807, 2.05) is 29.0 Å². The number of hydrogen-bond acceptors (Lipinski definition) is 4. The summed E-state index contributed by atoms with van der Waals surface area (Å²) in [5, 5.41) is 4.14. The van der Waals surface area contributed by atoms with Gasteiger partial charge in [0.25, 0.3) is 0 Å². The number of rotatable bonds is 9. The van der Waals surface area contributed by atoms with Gasteiger partial charge >= 0.3 is 0 Å². The largest absolute Gasteiger partial charge is 0.356 e. The third kappa shape index (κ3) is 4.89. The SMILES string of the molecule is O=C(CCCCc1nc2ccccc2s1)NCCCn1ccnc1. The Morgan fingerprint density at radius 3 is 2.96 bits per heavy atom. The van der Waals surface area contributed by atoms with Gasteiger partial charge in [-0.1, -0.05) is 12.1 Å². The van der Waals surface area contributed by atoms with E-state index in [9.17, 15) is 4.79 Å². The third-order valence-corrected chi connectivity index (χ3v) is 4.95. The molecule has 0 atom stereocenters. The van der Waals surface area contributed by atoms with Crippen molar-refractivity contribution < 1.29 is 4.79 Å². The van der Waals surface area contributed by atoms with E-state index < -0.39 is 0 Å². The normalized spacial score (nSPS) is 11.0. The Labute approximate surface area is 145 Å². The van der Waals surface area contributed by atoms with E-state index in [2.05, 4.69) is 21.4 Å². The lowest BCUT2D eigenvalue weighted by molar-refractivity contribution is -0.121. The zero-order valence-electron chi connectivity index (χ0n) is 13.6. The maximum Gasteiger partial charge on any atom is 0.219 e. The van der Waals surface area contributed by atoms with Crippen molar-refractivity contribution in [2.45, 2.75) is 38.6 Å². The molecule has 0 unspecified atom stereocenters. The highest BCUT2D eigenvalue weighted by molar-refractivity contribution is 7.18.